The molecule has 4 rings (SSSR count). The number of fused-ring (bicyclic) bond motifs is 1. The van der Waals surface area contributed by atoms with Crippen LogP contribution in [0.3, 0.4) is 0 Å². The van der Waals surface area contributed by atoms with Crippen LogP contribution < -0.4 is 0 Å². The first-order valence-corrected chi connectivity index (χ1v) is 11.9. The van der Waals surface area contributed by atoms with E-state index in [1.807, 2.05) is 30.5 Å². The molecule has 3 atom stereocenters. The number of rotatable bonds is 3. The topological polar surface area (TPSA) is 124 Å². The summed E-state index contributed by atoms with van der Waals surface area (Å²) in [4.78, 5) is 41.6. The zero-order chi connectivity index (χ0) is 29.4. The molecule has 1 aromatic rings. The normalized spacial score (nSPS) is 23.2. The quantitative estimate of drug-likeness (QED) is 0.530. The number of methoxy groups -OCH3 is 1. The molecule has 0 aliphatic carbocycles. The van der Waals surface area contributed by atoms with Gasteiger partial charge in [0.1, 0.15) is 0 Å². The molecule has 3 saturated heterocycles. The number of alkyl halides is 6. The maximum Gasteiger partial charge on any atom is 0.490 e. The zero-order valence-corrected chi connectivity index (χ0v) is 21.0. The molecule has 39 heavy (non-hydrogen) atoms. The summed E-state index contributed by atoms with van der Waals surface area (Å²) < 4.78 is 69.2. The number of aliphatic carboxylic acids is 2. The minimum atomic E-state index is -5.08. The average Bonchev–Trinajstić information content (AvgIpc) is 3.54. The van der Waals surface area contributed by atoms with Crippen LogP contribution in [0.25, 0.3) is 0 Å². The van der Waals surface area contributed by atoms with Crippen LogP contribution in [0.2, 0.25) is 0 Å². The molecule has 3 aliphatic rings. The molecule has 3 aliphatic heterocycles. The number of carboxylic acids is 2. The van der Waals surface area contributed by atoms with Crippen LogP contribution in [0.1, 0.15) is 24.8 Å². The summed E-state index contributed by atoms with van der Waals surface area (Å²) in [5.41, 5.74) is 1.23. The second-order valence-corrected chi connectivity index (χ2v) is 9.13. The van der Waals surface area contributed by atoms with Crippen LogP contribution in [0, 0.1) is 5.92 Å². The van der Waals surface area contributed by atoms with Crippen molar-refractivity contribution in [2.75, 3.05) is 39.8 Å². The van der Waals surface area contributed by atoms with Crippen molar-refractivity contribution in [3.63, 3.8) is 0 Å². The summed E-state index contributed by atoms with van der Waals surface area (Å²) in [6, 6.07) is 4.61. The lowest BCUT2D eigenvalue weighted by molar-refractivity contribution is -0.193. The predicted molar refractivity (Wildman–Crippen MR) is 122 cm³/mol. The fourth-order valence-corrected chi connectivity index (χ4v) is 4.73. The first-order chi connectivity index (χ1) is 18.1. The van der Waals surface area contributed by atoms with Crippen molar-refractivity contribution in [1.29, 1.82) is 0 Å². The Labute approximate surface area is 220 Å². The molecule has 0 bridgehead atoms. The van der Waals surface area contributed by atoms with Crippen LogP contribution in [-0.4, -0.2) is 112 Å². The Morgan fingerprint density at radius 3 is 2.03 bits per heavy atom. The number of pyridine rings is 1. The Kier molecular flexibility index (Phi) is 11.3. The highest BCUT2D eigenvalue weighted by Crippen LogP contribution is 2.34. The molecule has 16 heteroatoms. The first-order valence-electron chi connectivity index (χ1n) is 11.9. The van der Waals surface area contributed by atoms with Crippen molar-refractivity contribution in [2.24, 2.45) is 5.92 Å². The van der Waals surface area contributed by atoms with E-state index >= 15 is 0 Å². The van der Waals surface area contributed by atoms with Gasteiger partial charge >= 0.3 is 30.3 Å². The van der Waals surface area contributed by atoms with Gasteiger partial charge in [-0.2, -0.15) is 26.3 Å². The number of likely N-dealkylation sites (tertiary alicyclic amines) is 3. The number of urea groups is 1. The van der Waals surface area contributed by atoms with E-state index in [1.165, 1.54) is 5.56 Å². The predicted octanol–water partition coefficient (Wildman–Crippen LogP) is 3.09. The lowest BCUT2D eigenvalue weighted by Crippen LogP contribution is -2.56. The third kappa shape index (κ3) is 9.53. The number of amides is 2. The number of halogens is 6. The largest absolute Gasteiger partial charge is 0.490 e. The third-order valence-electron chi connectivity index (χ3n) is 6.48. The van der Waals surface area contributed by atoms with Gasteiger partial charge in [0.25, 0.3) is 0 Å². The van der Waals surface area contributed by atoms with E-state index < -0.39 is 24.3 Å². The van der Waals surface area contributed by atoms with Gasteiger partial charge in [-0.1, -0.05) is 6.07 Å². The number of carbonyl (C=O) groups excluding carboxylic acids is 1. The molecule has 2 amide bonds. The molecule has 220 valence electrons. The van der Waals surface area contributed by atoms with Crippen molar-refractivity contribution in [1.82, 2.24) is 19.7 Å². The van der Waals surface area contributed by atoms with Gasteiger partial charge in [0.05, 0.1) is 12.1 Å². The van der Waals surface area contributed by atoms with Crippen LogP contribution in [0.4, 0.5) is 31.1 Å². The standard InChI is InChI=1S/C19H28N4O2.2C2HF3O2/c1-25-18-6-10-23(19(24)22-8-2-3-9-22)17-14-21(13-16(17)18)12-15-5-4-7-20-11-15;2*3-2(4,5)1(6)7/h4-5,7,11,16-18H,2-3,6,8-10,12-14H2,1H3;2*(H,6,7)/t16-,17+,18+;;/m0../s1. The number of piperidine rings is 1. The Balaban J connectivity index is 0.000000317. The van der Waals surface area contributed by atoms with Crippen molar-refractivity contribution < 1.29 is 55.7 Å². The lowest BCUT2D eigenvalue weighted by atomic mass is 9.89. The minimum absolute atomic E-state index is 0.241. The monoisotopic (exact) mass is 572 g/mol. The fraction of sp³-hybridized carbons (Fsp3) is 0.652. The SMILES string of the molecule is CO[C@@H]1CCN(C(=O)N2CCCC2)[C@@H]2CN(Cc3cccnc3)C[C@@H]21.O=C(O)C(F)(F)F.O=C(O)C(F)(F)F. The molecule has 4 heterocycles. The number of ether oxygens (including phenoxy) is 1. The molecule has 2 N–H and O–H groups in total. The van der Waals surface area contributed by atoms with Gasteiger partial charge in [-0.05, 0) is 30.9 Å². The Morgan fingerprint density at radius 1 is 1.00 bits per heavy atom. The number of carbonyl (C=O) groups is 3. The highest BCUT2D eigenvalue weighted by Gasteiger charge is 2.47. The number of aromatic nitrogens is 1. The number of hydrogen-bond acceptors (Lipinski definition) is 6. The van der Waals surface area contributed by atoms with Crippen LogP contribution in [-0.2, 0) is 20.9 Å². The number of nitrogens with zero attached hydrogens (tertiary/aromatic N) is 4. The van der Waals surface area contributed by atoms with E-state index in [4.69, 9.17) is 24.5 Å². The minimum Gasteiger partial charge on any atom is -0.475 e. The zero-order valence-electron chi connectivity index (χ0n) is 21.0. The van der Waals surface area contributed by atoms with Crippen molar-refractivity contribution >= 4 is 18.0 Å². The molecule has 0 aromatic carbocycles. The summed E-state index contributed by atoms with van der Waals surface area (Å²) in [5, 5.41) is 14.2. The lowest BCUT2D eigenvalue weighted by Gasteiger charge is -2.42. The number of carboxylic acid groups (broad SMARTS) is 2. The van der Waals surface area contributed by atoms with Crippen LogP contribution in [0.15, 0.2) is 24.5 Å². The molecule has 0 unspecified atom stereocenters. The second-order valence-electron chi connectivity index (χ2n) is 9.13. The van der Waals surface area contributed by atoms with Crippen molar-refractivity contribution in [3.8, 4) is 0 Å². The molecule has 0 spiro atoms. The number of hydrogen-bond donors (Lipinski definition) is 2. The molecule has 0 saturated carbocycles. The van der Waals surface area contributed by atoms with Gasteiger partial charge in [-0.15, -0.1) is 0 Å². The summed E-state index contributed by atoms with van der Waals surface area (Å²) in [7, 11) is 1.81. The third-order valence-corrected chi connectivity index (χ3v) is 6.48. The highest BCUT2D eigenvalue weighted by molar-refractivity contribution is 5.75. The summed E-state index contributed by atoms with van der Waals surface area (Å²) >= 11 is 0. The molecular formula is C23H30F6N4O6. The Hall–Kier alpha value is -3.14. The van der Waals surface area contributed by atoms with E-state index in [2.05, 4.69) is 20.9 Å². The van der Waals surface area contributed by atoms with Gasteiger partial charge in [0.15, 0.2) is 0 Å². The maximum atomic E-state index is 13.0. The first kappa shape index (κ1) is 32.1. The van der Waals surface area contributed by atoms with Crippen molar-refractivity contribution in [2.45, 2.75) is 50.3 Å². The fourth-order valence-electron chi connectivity index (χ4n) is 4.73. The maximum absolute atomic E-state index is 13.0. The van der Waals surface area contributed by atoms with Gasteiger partial charge in [0, 0.05) is 64.7 Å². The van der Waals surface area contributed by atoms with E-state index in [9.17, 15) is 31.1 Å². The van der Waals surface area contributed by atoms with Gasteiger partial charge in [-0.3, -0.25) is 9.88 Å². The smallest absolute Gasteiger partial charge is 0.475 e. The highest BCUT2D eigenvalue weighted by atomic mass is 19.4. The van der Waals surface area contributed by atoms with E-state index in [0.29, 0.717) is 5.92 Å². The summed E-state index contributed by atoms with van der Waals surface area (Å²) in [6.07, 6.45) is -2.94. The summed E-state index contributed by atoms with van der Waals surface area (Å²) in [6.45, 7) is 5.46. The molecule has 0 radical (unpaired) electrons. The Morgan fingerprint density at radius 2 is 1.56 bits per heavy atom. The molecular weight excluding hydrogens is 542 g/mol. The van der Waals surface area contributed by atoms with Gasteiger partial charge in [-0.25, -0.2) is 14.4 Å². The van der Waals surface area contributed by atoms with Crippen LogP contribution >= 0.6 is 0 Å². The van der Waals surface area contributed by atoms with Crippen LogP contribution in [0.5, 0.6) is 0 Å². The van der Waals surface area contributed by atoms with E-state index in [-0.39, 0.29) is 18.2 Å². The Bertz CT molecular complexity index is 935. The van der Waals surface area contributed by atoms with E-state index in [1.54, 1.807) is 0 Å². The van der Waals surface area contributed by atoms with E-state index in [0.717, 1.165) is 58.5 Å². The molecule has 3 fully saturated rings. The van der Waals surface area contributed by atoms with Gasteiger partial charge < -0.3 is 24.7 Å². The molecule has 1 aromatic heterocycles. The van der Waals surface area contributed by atoms with Gasteiger partial charge in [0.2, 0.25) is 0 Å². The summed E-state index contributed by atoms with van der Waals surface area (Å²) in [5.74, 6) is -5.11. The van der Waals surface area contributed by atoms with Crippen molar-refractivity contribution in [3.05, 3.63) is 30.1 Å². The second kappa shape index (κ2) is 13.8. The molecule has 10 nitrogen and oxygen atoms in total. The average molecular weight is 573 g/mol.